The topological polar surface area (TPSA) is 84.3 Å². The normalized spacial score (nSPS) is 14.4. The van der Waals surface area contributed by atoms with Crippen LogP contribution in [-0.4, -0.2) is 44.6 Å². The molecule has 7 nitrogen and oxygen atoms in total. The molecule has 154 valence electrons. The van der Waals surface area contributed by atoms with E-state index in [0.29, 0.717) is 37.6 Å². The van der Waals surface area contributed by atoms with Crippen LogP contribution in [0, 0.1) is 5.92 Å². The molecule has 1 N–H and O–H groups in total. The van der Waals surface area contributed by atoms with E-state index in [1.54, 1.807) is 4.90 Å². The van der Waals surface area contributed by atoms with Crippen molar-refractivity contribution in [1.82, 2.24) is 19.8 Å². The van der Waals surface area contributed by atoms with E-state index < -0.39 is 6.04 Å². The maximum absolute atomic E-state index is 13.1. The summed E-state index contributed by atoms with van der Waals surface area (Å²) in [5.41, 5.74) is 1.90. The molecular formula is C22H28N4O3. The number of rotatable bonds is 6. The molecule has 1 aliphatic heterocycles. The Balaban J connectivity index is 2.02. The lowest BCUT2D eigenvalue weighted by Crippen LogP contribution is -2.44. The minimum atomic E-state index is -0.572. The average molecular weight is 396 g/mol. The van der Waals surface area contributed by atoms with Gasteiger partial charge in [0.25, 0.3) is 5.91 Å². The molecule has 1 unspecified atom stereocenters. The van der Waals surface area contributed by atoms with E-state index in [-0.39, 0.29) is 29.2 Å². The number of hydrogen-bond donors (Lipinski definition) is 1. The van der Waals surface area contributed by atoms with Gasteiger partial charge in [-0.15, -0.1) is 0 Å². The SMILES string of the molecule is CCC(=O)N1CCn2c(-c3ccccc3)nc(C(=O)NC(C(C)=O)C(C)C)c2C1. The Hall–Kier alpha value is -2.96. The minimum Gasteiger partial charge on any atom is -0.341 e. The van der Waals surface area contributed by atoms with Crippen molar-refractivity contribution in [1.29, 1.82) is 0 Å². The van der Waals surface area contributed by atoms with Gasteiger partial charge in [0.05, 0.1) is 18.3 Å². The Morgan fingerprint density at radius 3 is 2.41 bits per heavy atom. The lowest BCUT2D eigenvalue weighted by atomic mass is 10.0. The number of hydrogen-bond acceptors (Lipinski definition) is 4. The Kier molecular flexibility index (Phi) is 6.15. The molecular weight excluding hydrogens is 368 g/mol. The van der Waals surface area contributed by atoms with Gasteiger partial charge in [0.15, 0.2) is 11.5 Å². The van der Waals surface area contributed by atoms with Crippen molar-refractivity contribution in [2.75, 3.05) is 6.54 Å². The predicted octanol–water partition coefficient (Wildman–Crippen LogP) is 2.65. The van der Waals surface area contributed by atoms with Gasteiger partial charge in [-0.2, -0.15) is 0 Å². The molecule has 7 heteroatoms. The molecule has 0 saturated carbocycles. The van der Waals surface area contributed by atoms with Crippen LogP contribution in [0.1, 0.15) is 50.3 Å². The highest BCUT2D eigenvalue weighted by Gasteiger charge is 2.31. The van der Waals surface area contributed by atoms with E-state index in [1.165, 1.54) is 6.92 Å². The molecule has 0 spiro atoms. The Labute approximate surface area is 171 Å². The number of benzene rings is 1. The summed E-state index contributed by atoms with van der Waals surface area (Å²) >= 11 is 0. The first-order valence-corrected chi connectivity index (χ1v) is 10.1. The average Bonchev–Trinajstić information content (AvgIpc) is 3.10. The first kappa shape index (κ1) is 20.8. The third-order valence-electron chi connectivity index (χ3n) is 5.30. The number of amides is 2. The zero-order valence-corrected chi connectivity index (χ0v) is 17.4. The molecule has 2 heterocycles. The fraction of sp³-hybridized carbons (Fsp3) is 0.455. The van der Waals surface area contributed by atoms with Gasteiger partial charge in [-0.25, -0.2) is 4.98 Å². The zero-order chi connectivity index (χ0) is 21.1. The van der Waals surface area contributed by atoms with Crippen LogP contribution in [-0.2, 0) is 22.7 Å². The van der Waals surface area contributed by atoms with Crippen LogP contribution in [0.5, 0.6) is 0 Å². The Bertz CT molecular complexity index is 918. The van der Waals surface area contributed by atoms with E-state index >= 15 is 0 Å². The molecule has 2 aromatic rings. The van der Waals surface area contributed by atoms with Crippen molar-refractivity contribution in [2.24, 2.45) is 5.92 Å². The molecule has 0 radical (unpaired) electrons. The molecule has 0 aliphatic carbocycles. The van der Waals surface area contributed by atoms with Crippen LogP contribution in [0.4, 0.5) is 0 Å². The number of fused-ring (bicyclic) bond motifs is 1. The molecule has 0 saturated heterocycles. The van der Waals surface area contributed by atoms with Gasteiger partial charge in [-0.05, 0) is 12.8 Å². The molecule has 3 rings (SSSR count). The number of imidazole rings is 1. The summed E-state index contributed by atoms with van der Waals surface area (Å²) in [6.07, 6.45) is 0.418. The van der Waals surface area contributed by atoms with Crippen LogP contribution in [0.25, 0.3) is 11.4 Å². The van der Waals surface area contributed by atoms with Crippen molar-refractivity contribution in [3.63, 3.8) is 0 Å². The third-order valence-corrected chi connectivity index (χ3v) is 5.30. The van der Waals surface area contributed by atoms with Crippen molar-refractivity contribution in [3.8, 4) is 11.4 Å². The first-order valence-electron chi connectivity index (χ1n) is 10.1. The quantitative estimate of drug-likeness (QED) is 0.814. The number of carbonyl (C=O) groups is 3. The second-order valence-electron chi connectivity index (χ2n) is 7.72. The smallest absolute Gasteiger partial charge is 0.272 e. The maximum atomic E-state index is 13.1. The van der Waals surface area contributed by atoms with E-state index in [1.807, 2.05) is 55.7 Å². The zero-order valence-electron chi connectivity index (χ0n) is 17.4. The van der Waals surface area contributed by atoms with Gasteiger partial charge >= 0.3 is 0 Å². The van der Waals surface area contributed by atoms with E-state index in [0.717, 1.165) is 5.56 Å². The van der Waals surface area contributed by atoms with Gasteiger partial charge in [0.2, 0.25) is 5.91 Å². The van der Waals surface area contributed by atoms with Crippen LogP contribution in [0.15, 0.2) is 30.3 Å². The van der Waals surface area contributed by atoms with Crippen molar-refractivity contribution < 1.29 is 14.4 Å². The number of ketones is 1. The second kappa shape index (κ2) is 8.59. The number of nitrogens with zero attached hydrogens (tertiary/aromatic N) is 3. The summed E-state index contributed by atoms with van der Waals surface area (Å²) in [5.74, 6) is 0.261. The van der Waals surface area contributed by atoms with Crippen molar-refractivity contribution in [2.45, 2.75) is 53.2 Å². The monoisotopic (exact) mass is 396 g/mol. The van der Waals surface area contributed by atoms with Crippen molar-refractivity contribution >= 4 is 17.6 Å². The Morgan fingerprint density at radius 1 is 1.14 bits per heavy atom. The largest absolute Gasteiger partial charge is 0.341 e. The molecule has 1 aromatic carbocycles. The molecule has 1 aromatic heterocycles. The maximum Gasteiger partial charge on any atom is 0.272 e. The molecule has 1 atom stereocenters. The number of nitrogens with one attached hydrogen (secondary N) is 1. The van der Waals surface area contributed by atoms with Gasteiger partial charge < -0.3 is 14.8 Å². The highest BCUT2D eigenvalue weighted by molar-refractivity contribution is 5.97. The van der Waals surface area contributed by atoms with Gasteiger partial charge in [0, 0.05) is 25.1 Å². The summed E-state index contributed by atoms with van der Waals surface area (Å²) < 4.78 is 2.02. The van der Waals surface area contributed by atoms with Crippen molar-refractivity contribution in [3.05, 3.63) is 41.7 Å². The fourth-order valence-electron chi connectivity index (χ4n) is 3.74. The van der Waals surface area contributed by atoms with Gasteiger partial charge in [0.1, 0.15) is 5.82 Å². The molecule has 0 fully saturated rings. The lowest BCUT2D eigenvalue weighted by Gasteiger charge is -2.29. The minimum absolute atomic E-state index is 0.0262. The van der Waals surface area contributed by atoms with E-state index in [4.69, 9.17) is 0 Å². The summed E-state index contributed by atoms with van der Waals surface area (Å²) in [6, 6.07) is 9.12. The summed E-state index contributed by atoms with van der Waals surface area (Å²) in [5, 5.41) is 2.84. The van der Waals surface area contributed by atoms with Crippen LogP contribution >= 0.6 is 0 Å². The number of Topliss-reactive ketones (excluding diaryl/α,β-unsaturated/α-hetero) is 1. The first-order chi connectivity index (χ1) is 13.8. The van der Waals surface area contributed by atoms with Gasteiger partial charge in [-0.3, -0.25) is 14.4 Å². The molecule has 29 heavy (non-hydrogen) atoms. The van der Waals surface area contributed by atoms with E-state index in [9.17, 15) is 14.4 Å². The summed E-state index contributed by atoms with van der Waals surface area (Å²) in [6.45, 7) is 8.59. The standard InChI is InChI=1S/C22H28N4O3/c1-5-18(28)25-11-12-26-17(13-25)20(22(29)24-19(14(2)3)15(4)27)23-21(26)16-9-7-6-8-10-16/h6-10,14,19H,5,11-13H2,1-4H3,(H,24,29). The van der Waals surface area contributed by atoms with Crippen LogP contribution in [0.2, 0.25) is 0 Å². The predicted molar refractivity (Wildman–Crippen MR) is 110 cm³/mol. The molecule has 1 aliphatic rings. The number of carbonyl (C=O) groups excluding carboxylic acids is 3. The summed E-state index contributed by atoms with van der Waals surface area (Å²) in [4.78, 5) is 43.7. The highest BCUT2D eigenvalue weighted by Crippen LogP contribution is 2.27. The number of aromatic nitrogens is 2. The van der Waals surface area contributed by atoms with E-state index in [2.05, 4.69) is 10.3 Å². The second-order valence-corrected chi connectivity index (χ2v) is 7.72. The summed E-state index contributed by atoms with van der Waals surface area (Å²) in [7, 11) is 0. The third kappa shape index (κ3) is 4.23. The van der Waals surface area contributed by atoms with Crippen LogP contribution < -0.4 is 5.32 Å². The fourth-order valence-corrected chi connectivity index (χ4v) is 3.74. The molecule has 2 amide bonds. The van der Waals surface area contributed by atoms with Gasteiger partial charge in [-0.1, -0.05) is 51.1 Å². The lowest BCUT2D eigenvalue weighted by molar-refractivity contribution is -0.132. The van der Waals surface area contributed by atoms with Crippen LogP contribution in [0.3, 0.4) is 0 Å². The Morgan fingerprint density at radius 2 is 1.83 bits per heavy atom. The molecule has 0 bridgehead atoms. The highest BCUT2D eigenvalue weighted by atomic mass is 16.2.